The lowest BCUT2D eigenvalue weighted by molar-refractivity contribution is -0.128. The molecule has 3 aromatic carbocycles. The van der Waals surface area contributed by atoms with Crippen molar-refractivity contribution in [1.29, 1.82) is 0 Å². The van der Waals surface area contributed by atoms with Crippen molar-refractivity contribution in [3.8, 4) is 17.2 Å². The second-order valence-electron chi connectivity index (χ2n) is 6.43. The first-order valence-corrected chi connectivity index (χ1v) is 10.3. The molecule has 0 aliphatic rings. The lowest BCUT2D eigenvalue weighted by Gasteiger charge is -2.17. The van der Waals surface area contributed by atoms with E-state index >= 15 is 0 Å². The van der Waals surface area contributed by atoms with Crippen LogP contribution in [0.5, 0.6) is 17.2 Å². The number of amides is 1. The standard InChI is InChI=1S/C23H23BrN2O4/c1-4-18(30-19-13-12-15-8-5-6-10-17(15)21(19)24)23(27)26-25-14-16-9-7-11-20(28-2)22(16)29-3/h5-14,18H,4H2,1-3H3,(H,26,27)/b25-14+. The van der Waals surface area contributed by atoms with Gasteiger partial charge in [0.1, 0.15) is 5.75 Å². The zero-order valence-electron chi connectivity index (χ0n) is 17.0. The Kier molecular flexibility index (Phi) is 7.30. The summed E-state index contributed by atoms with van der Waals surface area (Å²) in [4.78, 5) is 12.6. The van der Waals surface area contributed by atoms with E-state index in [1.54, 1.807) is 20.3 Å². The van der Waals surface area contributed by atoms with E-state index in [9.17, 15) is 4.79 Å². The van der Waals surface area contributed by atoms with Crippen molar-refractivity contribution in [2.45, 2.75) is 19.4 Å². The highest BCUT2D eigenvalue weighted by molar-refractivity contribution is 9.10. The first-order valence-electron chi connectivity index (χ1n) is 9.46. The highest BCUT2D eigenvalue weighted by Gasteiger charge is 2.20. The molecule has 0 heterocycles. The molecule has 1 N–H and O–H groups in total. The number of rotatable bonds is 8. The molecule has 0 radical (unpaired) electrons. The van der Waals surface area contributed by atoms with Gasteiger partial charge in [0.15, 0.2) is 17.6 Å². The lowest BCUT2D eigenvalue weighted by Crippen LogP contribution is -2.35. The Morgan fingerprint density at radius 1 is 1.07 bits per heavy atom. The number of para-hydroxylation sites is 1. The van der Waals surface area contributed by atoms with Crippen LogP contribution in [-0.2, 0) is 4.79 Å². The summed E-state index contributed by atoms with van der Waals surface area (Å²) in [5, 5.41) is 6.17. The summed E-state index contributed by atoms with van der Waals surface area (Å²) < 4.78 is 17.4. The summed E-state index contributed by atoms with van der Waals surface area (Å²) >= 11 is 3.59. The molecule has 7 heteroatoms. The zero-order valence-corrected chi connectivity index (χ0v) is 18.6. The minimum absolute atomic E-state index is 0.337. The average molecular weight is 471 g/mol. The highest BCUT2D eigenvalue weighted by atomic mass is 79.9. The minimum Gasteiger partial charge on any atom is -0.493 e. The highest BCUT2D eigenvalue weighted by Crippen LogP contribution is 2.34. The fourth-order valence-electron chi connectivity index (χ4n) is 3.03. The molecular formula is C23H23BrN2O4. The minimum atomic E-state index is -0.688. The van der Waals surface area contributed by atoms with E-state index in [-0.39, 0.29) is 5.91 Å². The second-order valence-corrected chi connectivity index (χ2v) is 7.22. The summed E-state index contributed by atoms with van der Waals surface area (Å²) in [5.41, 5.74) is 3.23. The largest absolute Gasteiger partial charge is 0.493 e. The fraction of sp³-hybridized carbons (Fsp3) is 0.217. The van der Waals surface area contributed by atoms with Gasteiger partial charge in [-0.05, 0) is 51.3 Å². The summed E-state index contributed by atoms with van der Waals surface area (Å²) in [6.07, 6.45) is 1.31. The van der Waals surface area contributed by atoms with Crippen LogP contribution in [0.1, 0.15) is 18.9 Å². The number of nitrogens with zero attached hydrogens (tertiary/aromatic N) is 1. The van der Waals surface area contributed by atoms with Gasteiger partial charge in [-0.1, -0.05) is 43.3 Å². The molecule has 156 valence electrons. The van der Waals surface area contributed by atoms with Crippen molar-refractivity contribution in [2.75, 3.05) is 14.2 Å². The molecule has 0 saturated carbocycles. The van der Waals surface area contributed by atoms with E-state index < -0.39 is 6.10 Å². The van der Waals surface area contributed by atoms with Gasteiger partial charge < -0.3 is 14.2 Å². The van der Waals surface area contributed by atoms with Crippen LogP contribution in [0.25, 0.3) is 10.8 Å². The molecule has 6 nitrogen and oxygen atoms in total. The predicted octanol–water partition coefficient (Wildman–Crippen LogP) is 4.93. The van der Waals surface area contributed by atoms with Crippen LogP contribution in [0, 0.1) is 0 Å². The molecule has 0 saturated heterocycles. The summed E-state index contributed by atoms with van der Waals surface area (Å²) in [7, 11) is 3.12. The number of fused-ring (bicyclic) bond motifs is 1. The van der Waals surface area contributed by atoms with Gasteiger partial charge in [-0.25, -0.2) is 5.43 Å². The first kappa shape index (κ1) is 21.6. The van der Waals surface area contributed by atoms with E-state index in [0.717, 1.165) is 15.2 Å². The van der Waals surface area contributed by atoms with Crippen LogP contribution in [0.2, 0.25) is 0 Å². The quantitative estimate of drug-likeness (QED) is 0.374. The Hall–Kier alpha value is -3.06. The molecule has 3 aromatic rings. The number of nitrogens with one attached hydrogen (secondary N) is 1. The summed E-state index contributed by atoms with van der Waals surface area (Å²) in [6.45, 7) is 1.88. The fourth-order valence-corrected chi connectivity index (χ4v) is 3.62. The van der Waals surface area contributed by atoms with Crippen molar-refractivity contribution < 1.29 is 19.0 Å². The third-order valence-corrected chi connectivity index (χ3v) is 5.39. The molecule has 0 spiro atoms. The van der Waals surface area contributed by atoms with Crippen LogP contribution < -0.4 is 19.6 Å². The van der Waals surface area contributed by atoms with Gasteiger partial charge in [-0.15, -0.1) is 0 Å². The molecular weight excluding hydrogens is 448 g/mol. The maximum absolute atomic E-state index is 12.6. The Bertz CT molecular complexity index is 1070. The third kappa shape index (κ3) is 4.74. The van der Waals surface area contributed by atoms with E-state index in [1.165, 1.54) is 6.21 Å². The van der Waals surface area contributed by atoms with Gasteiger partial charge in [0.25, 0.3) is 5.91 Å². The Morgan fingerprint density at radius 3 is 2.60 bits per heavy atom. The predicted molar refractivity (Wildman–Crippen MR) is 122 cm³/mol. The van der Waals surface area contributed by atoms with Gasteiger partial charge >= 0.3 is 0 Å². The van der Waals surface area contributed by atoms with E-state index in [0.29, 0.717) is 29.2 Å². The molecule has 0 aliphatic heterocycles. The number of carbonyl (C=O) groups is 1. The summed E-state index contributed by atoms with van der Waals surface area (Å²) in [6, 6.07) is 17.2. The molecule has 0 aliphatic carbocycles. The first-order chi connectivity index (χ1) is 14.6. The number of ether oxygens (including phenoxy) is 3. The molecule has 1 unspecified atom stereocenters. The molecule has 3 rings (SSSR count). The van der Waals surface area contributed by atoms with Crippen LogP contribution in [-0.4, -0.2) is 32.4 Å². The number of halogens is 1. The van der Waals surface area contributed by atoms with Crippen molar-refractivity contribution in [1.82, 2.24) is 5.43 Å². The number of carbonyl (C=O) groups excluding carboxylic acids is 1. The molecule has 0 fully saturated rings. The zero-order chi connectivity index (χ0) is 21.5. The maximum atomic E-state index is 12.6. The van der Waals surface area contributed by atoms with Gasteiger partial charge in [0.05, 0.1) is 24.9 Å². The topological polar surface area (TPSA) is 69.2 Å². The average Bonchev–Trinajstić information content (AvgIpc) is 2.78. The number of hydrazone groups is 1. The van der Waals surface area contributed by atoms with Crippen LogP contribution in [0.4, 0.5) is 0 Å². The summed E-state index contributed by atoms with van der Waals surface area (Å²) in [5.74, 6) is 1.40. The molecule has 0 aromatic heterocycles. The van der Waals surface area contributed by atoms with Crippen LogP contribution in [0.15, 0.2) is 64.2 Å². The molecule has 1 atom stereocenters. The smallest absolute Gasteiger partial charge is 0.281 e. The van der Waals surface area contributed by atoms with Gasteiger partial charge in [-0.3, -0.25) is 4.79 Å². The second kappa shape index (κ2) is 10.1. The van der Waals surface area contributed by atoms with E-state index in [2.05, 4.69) is 26.5 Å². The van der Waals surface area contributed by atoms with Gasteiger partial charge in [0, 0.05) is 5.56 Å². The van der Waals surface area contributed by atoms with E-state index in [4.69, 9.17) is 14.2 Å². The third-order valence-electron chi connectivity index (χ3n) is 4.57. The van der Waals surface area contributed by atoms with Crippen molar-refractivity contribution in [3.05, 3.63) is 64.6 Å². The number of hydrogen-bond donors (Lipinski definition) is 1. The lowest BCUT2D eigenvalue weighted by atomic mass is 10.1. The van der Waals surface area contributed by atoms with E-state index in [1.807, 2.05) is 55.5 Å². The normalized spacial score (nSPS) is 12.0. The van der Waals surface area contributed by atoms with Crippen molar-refractivity contribution in [2.24, 2.45) is 5.10 Å². The molecule has 30 heavy (non-hydrogen) atoms. The Balaban J connectivity index is 1.72. The Morgan fingerprint density at radius 2 is 1.87 bits per heavy atom. The monoisotopic (exact) mass is 470 g/mol. The Labute approximate surface area is 184 Å². The van der Waals surface area contributed by atoms with Crippen LogP contribution in [0.3, 0.4) is 0 Å². The van der Waals surface area contributed by atoms with Crippen LogP contribution >= 0.6 is 15.9 Å². The van der Waals surface area contributed by atoms with Gasteiger partial charge in [-0.2, -0.15) is 5.10 Å². The van der Waals surface area contributed by atoms with Crippen molar-refractivity contribution >= 4 is 38.8 Å². The molecule has 0 bridgehead atoms. The van der Waals surface area contributed by atoms with Gasteiger partial charge in [0.2, 0.25) is 0 Å². The number of benzene rings is 3. The number of methoxy groups -OCH3 is 2. The SMILES string of the molecule is CCC(Oc1ccc2ccccc2c1Br)C(=O)N/N=C/c1cccc(OC)c1OC. The maximum Gasteiger partial charge on any atom is 0.281 e. The van der Waals surface area contributed by atoms with Crippen molar-refractivity contribution in [3.63, 3.8) is 0 Å². The number of hydrogen-bond acceptors (Lipinski definition) is 5. The molecule has 1 amide bonds.